The summed E-state index contributed by atoms with van der Waals surface area (Å²) in [6.07, 6.45) is 4.98. The van der Waals surface area contributed by atoms with Crippen LogP contribution in [-0.2, 0) is 4.79 Å². The summed E-state index contributed by atoms with van der Waals surface area (Å²) in [5.41, 5.74) is 0. The lowest BCUT2D eigenvalue weighted by Gasteiger charge is -2.29. The van der Waals surface area contributed by atoms with Crippen LogP contribution in [0.4, 0.5) is 0 Å². The number of rotatable bonds is 4. The molecule has 1 aliphatic carbocycles. The smallest absolute Gasteiger partial charge is 0.316 e. The van der Waals surface area contributed by atoms with Gasteiger partial charge in [0, 0.05) is 5.25 Å². The van der Waals surface area contributed by atoms with Crippen molar-refractivity contribution in [3.8, 4) is 0 Å². The molecule has 0 aromatic rings. The Morgan fingerprint density at radius 1 is 1.40 bits per heavy atom. The van der Waals surface area contributed by atoms with Gasteiger partial charge in [0.2, 0.25) is 0 Å². The second kappa shape index (κ2) is 5.78. The third-order valence-corrected chi connectivity index (χ3v) is 4.93. The molecule has 1 saturated carbocycles. The third-order valence-electron chi connectivity index (χ3n) is 3.08. The van der Waals surface area contributed by atoms with Gasteiger partial charge in [-0.3, -0.25) is 4.79 Å². The number of carboxylic acids is 1. The van der Waals surface area contributed by atoms with Crippen molar-refractivity contribution in [3.63, 3.8) is 0 Å². The molecule has 0 aromatic carbocycles. The van der Waals surface area contributed by atoms with Crippen LogP contribution in [0.5, 0.6) is 0 Å². The maximum Gasteiger partial charge on any atom is 0.316 e. The molecule has 3 atom stereocenters. The lowest BCUT2D eigenvalue weighted by atomic mass is 9.90. The quantitative estimate of drug-likeness (QED) is 0.804. The molecule has 15 heavy (non-hydrogen) atoms. The fourth-order valence-electron chi connectivity index (χ4n) is 2.21. The van der Waals surface area contributed by atoms with Crippen LogP contribution in [0, 0.1) is 11.8 Å². The lowest BCUT2D eigenvalue weighted by molar-refractivity contribution is -0.137. The predicted molar refractivity (Wildman–Crippen MR) is 65.3 cm³/mol. The molecule has 3 unspecified atom stereocenters. The maximum absolute atomic E-state index is 11.1. The van der Waals surface area contributed by atoms with Gasteiger partial charge < -0.3 is 5.11 Å². The average molecular weight is 230 g/mol. The molecule has 2 nitrogen and oxygen atoms in total. The van der Waals surface area contributed by atoms with Crippen molar-refractivity contribution < 1.29 is 9.90 Å². The fourth-order valence-corrected chi connectivity index (χ4v) is 3.80. The number of carbonyl (C=O) groups is 1. The molecule has 0 amide bonds. The molecular formula is C12H22O2S. The maximum atomic E-state index is 11.1. The van der Waals surface area contributed by atoms with E-state index >= 15 is 0 Å². The summed E-state index contributed by atoms with van der Waals surface area (Å²) in [7, 11) is 0. The van der Waals surface area contributed by atoms with Crippen LogP contribution in [0.1, 0.15) is 46.5 Å². The zero-order valence-corrected chi connectivity index (χ0v) is 10.7. The molecule has 0 spiro atoms. The Kier molecular flexibility index (Phi) is 4.97. The summed E-state index contributed by atoms with van der Waals surface area (Å²) in [6.45, 7) is 6.27. The first-order valence-electron chi connectivity index (χ1n) is 5.89. The summed E-state index contributed by atoms with van der Waals surface area (Å²) >= 11 is 1.69. The SMILES string of the molecule is CC1CCCC(SC(C(=O)O)C(C)C)C1. The van der Waals surface area contributed by atoms with Crippen molar-refractivity contribution in [2.45, 2.75) is 57.0 Å². The number of aliphatic carboxylic acids is 1. The minimum Gasteiger partial charge on any atom is -0.480 e. The van der Waals surface area contributed by atoms with Crippen molar-refractivity contribution >= 4 is 17.7 Å². The minimum atomic E-state index is -0.645. The molecule has 0 aromatic heterocycles. The van der Waals surface area contributed by atoms with Crippen LogP contribution in [0.2, 0.25) is 0 Å². The lowest BCUT2D eigenvalue weighted by Crippen LogP contribution is -2.27. The minimum absolute atomic E-state index is 0.222. The average Bonchev–Trinajstić information content (AvgIpc) is 2.13. The second-order valence-corrected chi connectivity index (χ2v) is 6.48. The van der Waals surface area contributed by atoms with Gasteiger partial charge in [-0.25, -0.2) is 0 Å². The normalized spacial score (nSPS) is 29.1. The van der Waals surface area contributed by atoms with Gasteiger partial charge in [0.25, 0.3) is 0 Å². The number of hydrogen-bond donors (Lipinski definition) is 1. The van der Waals surface area contributed by atoms with E-state index in [4.69, 9.17) is 5.11 Å². The van der Waals surface area contributed by atoms with E-state index in [1.165, 1.54) is 25.7 Å². The first kappa shape index (κ1) is 12.9. The highest BCUT2D eigenvalue weighted by Gasteiger charge is 2.28. The van der Waals surface area contributed by atoms with E-state index in [9.17, 15) is 4.79 Å². The summed E-state index contributed by atoms with van der Waals surface area (Å²) in [6, 6.07) is 0. The van der Waals surface area contributed by atoms with Crippen molar-refractivity contribution in [1.82, 2.24) is 0 Å². The van der Waals surface area contributed by atoms with E-state index in [-0.39, 0.29) is 11.2 Å². The topological polar surface area (TPSA) is 37.3 Å². The first-order valence-corrected chi connectivity index (χ1v) is 6.83. The monoisotopic (exact) mass is 230 g/mol. The summed E-state index contributed by atoms with van der Waals surface area (Å²) in [5.74, 6) is 0.357. The van der Waals surface area contributed by atoms with Gasteiger partial charge in [-0.15, -0.1) is 11.8 Å². The fraction of sp³-hybridized carbons (Fsp3) is 0.917. The summed E-state index contributed by atoms with van der Waals surface area (Å²) in [4.78, 5) is 11.1. The van der Waals surface area contributed by atoms with E-state index in [1.54, 1.807) is 11.8 Å². The van der Waals surface area contributed by atoms with Gasteiger partial charge in [0.1, 0.15) is 5.25 Å². The number of hydrogen-bond acceptors (Lipinski definition) is 2. The molecule has 0 aliphatic heterocycles. The predicted octanol–water partition coefficient (Wildman–Crippen LogP) is 3.41. The molecule has 0 saturated heterocycles. The van der Waals surface area contributed by atoms with E-state index in [1.807, 2.05) is 13.8 Å². The first-order chi connectivity index (χ1) is 7.00. The van der Waals surface area contributed by atoms with Crippen LogP contribution in [0.25, 0.3) is 0 Å². The number of thioether (sulfide) groups is 1. The molecule has 0 bridgehead atoms. The van der Waals surface area contributed by atoms with Gasteiger partial charge in [-0.05, 0) is 24.7 Å². The number of carboxylic acid groups (broad SMARTS) is 1. The van der Waals surface area contributed by atoms with Gasteiger partial charge >= 0.3 is 5.97 Å². The molecule has 1 aliphatic rings. The highest BCUT2D eigenvalue weighted by atomic mass is 32.2. The van der Waals surface area contributed by atoms with Crippen molar-refractivity contribution in [1.29, 1.82) is 0 Å². The largest absolute Gasteiger partial charge is 0.480 e. The standard InChI is InChI=1S/C12H22O2S/c1-8(2)11(12(13)14)15-10-6-4-5-9(3)7-10/h8-11H,4-7H2,1-3H3,(H,13,14). The van der Waals surface area contributed by atoms with Crippen LogP contribution >= 0.6 is 11.8 Å². The molecule has 88 valence electrons. The molecule has 0 radical (unpaired) electrons. The van der Waals surface area contributed by atoms with Gasteiger partial charge in [0.05, 0.1) is 0 Å². The van der Waals surface area contributed by atoms with E-state index in [0.717, 1.165) is 5.92 Å². The molecule has 0 heterocycles. The summed E-state index contributed by atoms with van der Waals surface area (Å²) < 4.78 is 0. The van der Waals surface area contributed by atoms with Crippen LogP contribution < -0.4 is 0 Å². The highest BCUT2D eigenvalue weighted by Crippen LogP contribution is 2.36. The van der Waals surface area contributed by atoms with E-state index < -0.39 is 5.97 Å². The van der Waals surface area contributed by atoms with Crippen LogP contribution in [0.15, 0.2) is 0 Å². The Morgan fingerprint density at radius 3 is 2.53 bits per heavy atom. The molecule has 1 fully saturated rings. The highest BCUT2D eigenvalue weighted by molar-refractivity contribution is 8.01. The van der Waals surface area contributed by atoms with Crippen molar-refractivity contribution in [2.75, 3.05) is 0 Å². The molecule has 1 rings (SSSR count). The zero-order valence-electron chi connectivity index (χ0n) is 9.90. The van der Waals surface area contributed by atoms with Gasteiger partial charge in [-0.1, -0.05) is 33.6 Å². The Bertz CT molecular complexity index is 216. The summed E-state index contributed by atoms with van der Waals surface area (Å²) in [5, 5.41) is 9.46. The molecular weight excluding hydrogens is 208 g/mol. The van der Waals surface area contributed by atoms with E-state index in [0.29, 0.717) is 5.25 Å². The Balaban J connectivity index is 2.46. The molecule has 3 heteroatoms. The third kappa shape index (κ3) is 4.06. The second-order valence-electron chi connectivity index (χ2n) is 5.03. The Hall–Kier alpha value is -0.180. The van der Waals surface area contributed by atoms with E-state index in [2.05, 4.69) is 6.92 Å². The Morgan fingerprint density at radius 2 is 2.07 bits per heavy atom. The van der Waals surface area contributed by atoms with Crippen molar-refractivity contribution in [3.05, 3.63) is 0 Å². The van der Waals surface area contributed by atoms with Crippen molar-refractivity contribution in [2.24, 2.45) is 11.8 Å². The van der Waals surface area contributed by atoms with Gasteiger partial charge in [-0.2, -0.15) is 0 Å². The Labute approximate surface area is 96.8 Å². The molecule has 1 N–H and O–H groups in total. The zero-order chi connectivity index (χ0) is 11.4. The van der Waals surface area contributed by atoms with Gasteiger partial charge in [0.15, 0.2) is 0 Å². The van der Waals surface area contributed by atoms with Crippen LogP contribution in [-0.4, -0.2) is 21.6 Å². The van der Waals surface area contributed by atoms with Crippen LogP contribution in [0.3, 0.4) is 0 Å².